The Morgan fingerprint density at radius 3 is 3.06 bits per heavy atom. The number of halogens is 1. The van der Waals surface area contributed by atoms with E-state index in [1.807, 2.05) is 0 Å². The lowest BCUT2D eigenvalue weighted by Gasteiger charge is -2.22. The van der Waals surface area contributed by atoms with E-state index in [-0.39, 0.29) is 11.9 Å². The molecular formula is C14H17FN2O. The molecule has 0 radical (unpaired) electrons. The van der Waals surface area contributed by atoms with Crippen LogP contribution >= 0.6 is 0 Å². The molecule has 2 rings (SSSR count). The molecule has 0 bridgehead atoms. The van der Waals surface area contributed by atoms with Crippen molar-refractivity contribution in [2.75, 3.05) is 13.2 Å². The Morgan fingerprint density at radius 2 is 2.33 bits per heavy atom. The summed E-state index contributed by atoms with van der Waals surface area (Å²) < 4.78 is 18.7. The Labute approximate surface area is 107 Å². The average molecular weight is 248 g/mol. The van der Waals surface area contributed by atoms with Gasteiger partial charge in [-0.15, -0.1) is 0 Å². The lowest BCUT2D eigenvalue weighted by atomic mass is 10.1. The van der Waals surface area contributed by atoms with E-state index in [1.165, 1.54) is 24.6 Å². The highest BCUT2D eigenvalue weighted by atomic mass is 19.1. The summed E-state index contributed by atoms with van der Waals surface area (Å²) in [7, 11) is 0. The van der Waals surface area contributed by atoms with Crippen molar-refractivity contribution >= 4 is 0 Å². The number of nitrogens with zero attached hydrogens (tertiary/aromatic N) is 1. The van der Waals surface area contributed by atoms with E-state index >= 15 is 0 Å². The molecule has 1 aromatic rings. The van der Waals surface area contributed by atoms with Crippen LogP contribution in [0.2, 0.25) is 0 Å². The Kier molecular flexibility index (Phi) is 4.68. The van der Waals surface area contributed by atoms with Gasteiger partial charge in [0.25, 0.3) is 0 Å². The molecule has 0 amide bonds. The first-order valence-corrected chi connectivity index (χ1v) is 6.30. The fourth-order valence-electron chi connectivity index (χ4n) is 2.15. The Morgan fingerprint density at radius 1 is 1.44 bits per heavy atom. The molecule has 1 aromatic carbocycles. The topological polar surface area (TPSA) is 45.0 Å². The van der Waals surface area contributed by atoms with Crippen molar-refractivity contribution in [1.29, 1.82) is 5.26 Å². The summed E-state index contributed by atoms with van der Waals surface area (Å²) in [6.45, 7) is 2.08. The van der Waals surface area contributed by atoms with E-state index in [4.69, 9.17) is 10.00 Å². The standard InChI is InChI=1S/C14H17FN2O/c15-13-5-4-11(8-16)12(7-13)9-17-10-14-3-1-2-6-18-14/h4-5,7,14,17H,1-3,6,9-10H2. The van der Waals surface area contributed by atoms with Gasteiger partial charge in [0.1, 0.15) is 5.82 Å². The maximum Gasteiger partial charge on any atom is 0.123 e. The first-order valence-electron chi connectivity index (χ1n) is 6.30. The van der Waals surface area contributed by atoms with E-state index in [2.05, 4.69) is 11.4 Å². The highest BCUT2D eigenvalue weighted by molar-refractivity contribution is 5.37. The van der Waals surface area contributed by atoms with Gasteiger partial charge in [-0.05, 0) is 43.0 Å². The zero-order chi connectivity index (χ0) is 12.8. The first-order chi connectivity index (χ1) is 8.79. The highest BCUT2D eigenvalue weighted by Crippen LogP contribution is 2.13. The van der Waals surface area contributed by atoms with Crippen LogP contribution in [0.25, 0.3) is 0 Å². The molecule has 0 spiro atoms. The van der Waals surface area contributed by atoms with E-state index in [9.17, 15) is 4.39 Å². The van der Waals surface area contributed by atoms with E-state index in [0.717, 1.165) is 26.0 Å². The van der Waals surface area contributed by atoms with Crippen LogP contribution in [-0.2, 0) is 11.3 Å². The smallest absolute Gasteiger partial charge is 0.123 e. The quantitative estimate of drug-likeness (QED) is 0.889. The molecule has 4 heteroatoms. The minimum atomic E-state index is -0.306. The summed E-state index contributed by atoms with van der Waals surface area (Å²) in [6, 6.07) is 6.31. The largest absolute Gasteiger partial charge is 0.377 e. The maximum absolute atomic E-state index is 13.1. The van der Waals surface area contributed by atoms with Crippen LogP contribution in [0, 0.1) is 17.1 Å². The van der Waals surface area contributed by atoms with Crippen molar-refractivity contribution in [3.05, 3.63) is 35.1 Å². The third-order valence-electron chi connectivity index (χ3n) is 3.15. The minimum absolute atomic E-state index is 0.248. The number of benzene rings is 1. The first kappa shape index (κ1) is 13.0. The molecule has 3 nitrogen and oxygen atoms in total. The molecule has 1 N–H and O–H groups in total. The zero-order valence-corrected chi connectivity index (χ0v) is 10.3. The van der Waals surface area contributed by atoms with Gasteiger partial charge in [-0.2, -0.15) is 5.26 Å². The van der Waals surface area contributed by atoms with Crippen molar-refractivity contribution in [1.82, 2.24) is 5.32 Å². The predicted octanol–water partition coefficient (Wildman–Crippen LogP) is 2.36. The molecule has 1 unspecified atom stereocenters. The maximum atomic E-state index is 13.1. The molecule has 1 aliphatic rings. The number of hydrogen-bond donors (Lipinski definition) is 1. The van der Waals surface area contributed by atoms with Crippen molar-refractivity contribution in [3.63, 3.8) is 0 Å². The summed E-state index contributed by atoms with van der Waals surface area (Å²) in [4.78, 5) is 0. The lowest BCUT2D eigenvalue weighted by Crippen LogP contribution is -2.31. The second-order valence-electron chi connectivity index (χ2n) is 4.53. The van der Waals surface area contributed by atoms with Crippen molar-refractivity contribution in [2.24, 2.45) is 0 Å². The van der Waals surface area contributed by atoms with Crippen molar-refractivity contribution in [2.45, 2.75) is 31.9 Å². The molecule has 18 heavy (non-hydrogen) atoms. The third-order valence-corrected chi connectivity index (χ3v) is 3.15. The molecule has 96 valence electrons. The molecule has 0 aromatic heterocycles. The van der Waals surface area contributed by atoms with Gasteiger partial charge >= 0.3 is 0 Å². The summed E-state index contributed by atoms with van der Waals surface area (Å²) >= 11 is 0. The highest BCUT2D eigenvalue weighted by Gasteiger charge is 2.13. The minimum Gasteiger partial charge on any atom is -0.377 e. The van der Waals surface area contributed by atoms with Crippen LogP contribution in [0.5, 0.6) is 0 Å². The molecule has 1 saturated heterocycles. The van der Waals surface area contributed by atoms with Crippen LogP contribution in [0.15, 0.2) is 18.2 Å². The lowest BCUT2D eigenvalue weighted by molar-refractivity contribution is 0.0168. The molecule has 1 atom stereocenters. The molecular weight excluding hydrogens is 231 g/mol. The molecule has 1 fully saturated rings. The van der Waals surface area contributed by atoms with E-state index in [1.54, 1.807) is 0 Å². The Hall–Kier alpha value is -1.44. The normalized spacial score (nSPS) is 19.4. The fourth-order valence-corrected chi connectivity index (χ4v) is 2.15. The zero-order valence-electron chi connectivity index (χ0n) is 10.3. The third kappa shape index (κ3) is 3.52. The van der Waals surface area contributed by atoms with Crippen molar-refractivity contribution < 1.29 is 9.13 Å². The van der Waals surface area contributed by atoms with Crippen LogP contribution in [0.3, 0.4) is 0 Å². The second-order valence-corrected chi connectivity index (χ2v) is 4.53. The van der Waals surface area contributed by atoms with Gasteiger partial charge in [-0.3, -0.25) is 0 Å². The molecule has 0 aliphatic carbocycles. The summed E-state index contributed by atoms with van der Waals surface area (Å²) in [6.07, 6.45) is 3.66. The Bertz CT molecular complexity index is 436. The molecule has 0 saturated carbocycles. The predicted molar refractivity (Wildman–Crippen MR) is 66.4 cm³/mol. The van der Waals surface area contributed by atoms with Gasteiger partial charge in [0.2, 0.25) is 0 Å². The molecule has 1 heterocycles. The van der Waals surface area contributed by atoms with Gasteiger partial charge < -0.3 is 10.1 Å². The van der Waals surface area contributed by atoms with Gasteiger partial charge in [-0.25, -0.2) is 4.39 Å². The monoisotopic (exact) mass is 248 g/mol. The number of ether oxygens (including phenoxy) is 1. The molecule has 1 aliphatic heterocycles. The average Bonchev–Trinajstić information content (AvgIpc) is 2.40. The van der Waals surface area contributed by atoms with Crippen LogP contribution in [0.1, 0.15) is 30.4 Å². The van der Waals surface area contributed by atoms with Gasteiger partial charge in [0, 0.05) is 19.7 Å². The van der Waals surface area contributed by atoms with Gasteiger partial charge in [-0.1, -0.05) is 0 Å². The summed E-state index contributed by atoms with van der Waals surface area (Å²) in [5.74, 6) is -0.306. The SMILES string of the molecule is N#Cc1ccc(F)cc1CNCC1CCCCO1. The van der Waals surface area contributed by atoms with Crippen LogP contribution in [0.4, 0.5) is 4.39 Å². The number of hydrogen-bond acceptors (Lipinski definition) is 3. The van der Waals surface area contributed by atoms with Crippen LogP contribution in [-0.4, -0.2) is 19.3 Å². The number of rotatable bonds is 4. The number of nitriles is 1. The summed E-state index contributed by atoms with van der Waals surface area (Å²) in [5.41, 5.74) is 1.22. The Balaban J connectivity index is 1.86. The second kappa shape index (κ2) is 6.48. The van der Waals surface area contributed by atoms with Crippen LogP contribution < -0.4 is 5.32 Å². The fraction of sp³-hybridized carbons (Fsp3) is 0.500. The van der Waals surface area contributed by atoms with E-state index in [0.29, 0.717) is 17.7 Å². The summed E-state index contributed by atoms with van der Waals surface area (Å²) in [5, 5.41) is 12.2. The number of nitrogens with one attached hydrogen (secondary N) is 1. The van der Waals surface area contributed by atoms with Crippen molar-refractivity contribution in [3.8, 4) is 6.07 Å². The van der Waals surface area contributed by atoms with E-state index < -0.39 is 0 Å². The van der Waals surface area contributed by atoms with Gasteiger partial charge in [0.05, 0.1) is 17.7 Å². The van der Waals surface area contributed by atoms with Gasteiger partial charge in [0.15, 0.2) is 0 Å².